The number of rotatable bonds is 2. The van der Waals surface area contributed by atoms with Gasteiger partial charge in [0.15, 0.2) is 0 Å². The van der Waals surface area contributed by atoms with Crippen LogP contribution in [0.5, 0.6) is 0 Å². The van der Waals surface area contributed by atoms with Gasteiger partial charge in [-0.2, -0.15) is 0 Å². The van der Waals surface area contributed by atoms with Crippen molar-refractivity contribution in [1.29, 1.82) is 0 Å². The van der Waals surface area contributed by atoms with Crippen LogP contribution in [0.4, 0.5) is 8.78 Å². The van der Waals surface area contributed by atoms with Gasteiger partial charge in [-0.3, -0.25) is 0 Å². The average molecular weight is 174 g/mol. The Morgan fingerprint density at radius 3 is 2.30 bits per heavy atom. The second-order valence-corrected chi connectivity index (χ2v) is 2.54. The fourth-order valence-electron chi connectivity index (χ4n) is 0.872. The summed E-state index contributed by atoms with van der Waals surface area (Å²) in [6.45, 7) is -0.331. The first-order valence-electron chi connectivity index (χ1n) is 2.78. The van der Waals surface area contributed by atoms with E-state index in [2.05, 4.69) is 0 Å². The summed E-state index contributed by atoms with van der Waals surface area (Å²) in [5.74, 6) is -0.775. The molecule has 0 heterocycles. The second-order valence-electron chi connectivity index (χ2n) is 2.54. The molecule has 0 unspecified atom stereocenters. The predicted octanol–water partition coefficient (Wildman–Crippen LogP) is 0.383. The van der Waals surface area contributed by atoms with Crippen molar-refractivity contribution in [3.05, 3.63) is 0 Å². The Hall–Kier alpha value is 0.0700. The van der Waals surface area contributed by atoms with Crippen LogP contribution in [0.2, 0.25) is 0 Å². The average Bonchev–Trinajstić information content (AvgIpc) is 2.44. The number of hydrogen-bond donors (Lipinski definition) is 2. The summed E-state index contributed by atoms with van der Waals surface area (Å²) in [6.07, 6.45) is -2.12. The molecular weight excluding hydrogens is 164 g/mol. The van der Waals surface area contributed by atoms with E-state index in [1.54, 1.807) is 0 Å². The van der Waals surface area contributed by atoms with Crippen molar-refractivity contribution in [2.24, 2.45) is 11.7 Å². The van der Waals surface area contributed by atoms with Gasteiger partial charge in [0, 0.05) is 11.5 Å². The van der Waals surface area contributed by atoms with E-state index < -0.39 is 17.9 Å². The molecule has 3 N–H and O–H groups in total. The molecule has 0 bridgehead atoms. The second kappa shape index (κ2) is 2.98. The molecule has 10 heavy (non-hydrogen) atoms. The van der Waals surface area contributed by atoms with E-state index in [9.17, 15) is 8.78 Å². The number of halogens is 3. The van der Waals surface area contributed by atoms with Gasteiger partial charge < -0.3 is 10.8 Å². The Balaban J connectivity index is 0.000000810. The van der Waals surface area contributed by atoms with Crippen LogP contribution in [0.3, 0.4) is 0 Å². The fraction of sp³-hybridized carbons (Fsp3) is 1.00. The third-order valence-electron chi connectivity index (χ3n) is 1.78. The van der Waals surface area contributed by atoms with E-state index in [1.807, 2.05) is 0 Å². The number of aliphatic hydroxyl groups excluding tert-OH is 1. The lowest BCUT2D eigenvalue weighted by molar-refractivity contribution is 0.103. The molecule has 0 aromatic rings. The third kappa shape index (κ3) is 1.56. The van der Waals surface area contributed by atoms with Crippen molar-refractivity contribution in [2.45, 2.75) is 18.4 Å². The van der Waals surface area contributed by atoms with Gasteiger partial charge >= 0.3 is 0 Å². The van der Waals surface area contributed by atoms with Crippen molar-refractivity contribution >= 4 is 12.4 Å². The van der Waals surface area contributed by atoms with Crippen LogP contribution in [0, 0.1) is 5.92 Å². The molecule has 0 amide bonds. The number of hydrogen-bond acceptors (Lipinski definition) is 2. The van der Waals surface area contributed by atoms with E-state index in [0.29, 0.717) is 0 Å². The lowest BCUT2D eigenvalue weighted by Crippen LogP contribution is -2.31. The van der Waals surface area contributed by atoms with Gasteiger partial charge in [0.25, 0.3) is 0 Å². The zero-order valence-corrected chi connectivity index (χ0v) is 6.07. The van der Waals surface area contributed by atoms with Crippen molar-refractivity contribution in [2.75, 3.05) is 6.61 Å². The highest BCUT2D eigenvalue weighted by molar-refractivity contribution is 5.85. The van der Waals surface area contributed by atoms with Gasteiger partial charge in [0.05, 0.1) is 6.61 Å². The SMILES string of the molecule is Cl.N[C@@]1(CO)C[C@H]1C(F)F. The molecule has 2 nitrogen and oxygen atoms in total. The molecule has 1 fully saturated rings. The van der Waals surface area contributed by atoms with Crippen molar-refractivity contribution < 1.29 is 13.9 Å². The van der Waals surface area contributed by atoms with E-state index >= 15 is 0 Å². The molecule has 1 aliphatic carbocycles. The highest BCUT2D eigenvalue weighted by atomic mass is 35.5. The van der Waals surface area contributed by atoms with Gasteiger partial charge in [0.1, 0.15) is 0 Å². The smallest absolute Gasteiger partial charge is 0.243 e. The zero-order chi connectivity index (χ0) is 7.07. The lowest BCUT2D eigenvalue weighted by Gasteiger charge is -2.04. The molecule has 0 spiro atoms. The van der Waals surface area contributed by atoms with Crippen LogP contribution in [0.25, 0.3) is 0 Å². The predicted molar refractivity (Wildman–Crippen MR) is 35.4 cm³/mol. The molecule has 0 aliphatic heterocycles. The number of aliphatic hydroxyl groups is 1. The van der Waals surface area contributed by atoms with Crippen LogP contribution in [-0.4, -0.2) is 23.7 Å². The maximum Gasteiger partial charge on any atom is 0.243 e. The Morgan fingerprint density at radius 1 is 1.70 bits per heavy atom. The van der Waals surface area contributed by atoms with E-state index in [0.717, 1.165) is 0 Å². The van der Waals surface area contributed by atoms with Gasteiger partial charge in [-0.15, -0.1) is 12.4 Å². The first-order valence-corrected chi connectivity index (χ1v) is 2.78. The molecule has 62 valence electrons. The molecular formula is C5H10ClF2NO. The first kappa shape index (κ1) is 10.1. The van der Waals surface area contributed by atoms with Crippen LogP contribution in [-0.2, 0) is 0 Å². The topological polar surface area (TPSA) is 46.2 Å². The molecule has 1 rings (SSSR count). The molecule has 5 heteroatoms. The first-order chi connectivity index (χ1) is 4.10. The Kier molecular flexibility index (Phi) is 3.00. The van der Waals surface area contributed by atoms with E-state index in [4.69, 9.17) is 10.8 Å². The molecule has 0 aromatic heterocycles. The maximum atomic E-state index is 11.7. The molecule has 1 saturated carbocycles. The normalized spacial score (nSPS) is 37.5. The van der Waals surface area contributed by atoms with E-state index in [1.165, 1.54) is 0 Å². The summed E-state index contributed by atoms with van der Waals surface area (Å²) in [5.41, 5.74) is 4.30. The molecule has 0 aromatic carbocycles. The monoisotopic (exact) mass is 173 g/mol. The van der Waals surface area contributed by atoms with Crippen LogP contribution < -0.4 is 5.73 Å². The summed E-state index contributed by atoms with van der Waals surface area (Å²) >= 11 is 0. The molecule has 2 atom stereocenters. The van der Waals surface area contributed by atoms with Gasteiger partial charge in [-0.05, 0) is 6.42 Å². The summed E-state index contributed by atoms with van der Waals surface area (Å²) in [5, 5.41) is 8.43. The van der Waals surface area contributed by atoms with Crippen LogP contribution in [0.15, 0.2) is 0 Å². The van der Waals surface area contributed by atoms with Crippen molar-refractivity contribution in [3.8, 4) is 0 Å². The number of nitrogens with two attached hydrogens (primary N) is 1. The lowest BCUT2D eigenvalue weighted by atomic mass is 10.2. The van der Waals surface area contributed by atoms with Crippen LogP contribution >= 0.6 is 12.4 Å². The minimum atomic E-state index is -2.37. The highest BCUT2D eigenvalue weighted by Gasteiger charge is 2.55. The minimum absolute atomic E-state index is 0. The minimum Gasteiger partial charge on any atom is -0.394 e. The summed E-state index contributed by atoms with van der Waals surface area (Å²) in [4.78, 5) is 0. The largest absolute Gasteiger partial charge is 0.394 e. The van der Waals surface area contributed by atoms with E-state index in [-0.39, 0.29) is 25.4 Å². The van der Waals surface area contributed by atoms with Gasteiger partial charge in [0.2, 0.25) is 6.43 Å². The fourth-order valence-corrected chi connectivity index (χ4v) is 0.872. The van der Waals surface area contributed by atoms with Crippen molar-refractivity contribution in [1.82, 2.24) is 0 Å². The van der Waals surface area contributed by atoms with Crippen LogP contribution in [0.1, 0.15) is 6.42 Å². The highest BCUT2D eigenvalue weighted by Crippen LogP contribution is 2.44. The quantitative estimate of drug-likeness (QED) is 0.635. The Morgan fingerprint density at radius 2 is 2.20 bits per heavy atom. The Bertz CT molecular complexity index is 124. The molecule has 1 aliphatic rings. The maximum absolute atomic E-state index is 11.7. The third-order valence-corrected chi connectivity index (χ3v) is 1.78. The molecule has 0 radical (unpaired) electrons. The summed E-state index contributed by atoms with van der Waals surface area (Å²) in [7, 11) is 0. The van der Waals surface area contributed by atoms with Gasteiger partial charge in [-0.1, -0.05) is 0 Å². The summed E-state index contributed by atoms with van der Waals surface area (Å²) < 4.78 is 23.4. The number of alkyl halides is 2. The Labute approximate surface area is 63.8 Å². The molecule has 0 saturated heterocycles. The standard InChI is InChI=1S/C5H9F2NO.ClH/c6-4(7)3-1-5(3,8)2-9;/h3-4,9H,1-2,8H2;1H/t3-,5+;/m0./s1. The zero-order valence-electron chi connectivity index (χ0n) is 5.26. The summed E-state index contributed by atoms with van der Waals surface area (Å²) in [6, 6.07) is 0. The van der Waals surface area contributed by atoms with Crippen molar-refractivity contribution in [3.63, 3.8) is 0 Å². The van der Waals surface area contributed by atoms with Gasteiger partial charge in [-0.25, -0.2) is 8.78 Å².